The van der Waals surface area contributed by atoms with Crippen LogP contribution in [0.1, 0.15) is 5.56 Å². The maximum absolute atomic E-state index is 2.34. The molecule has 2 heteroatoms. The third-order valence-corrected chi connectivity index (χ3v) is 6.45. The van der Waals surface area contributed by atoms with Gasteiger partial charge in [-0.15, -0.1) is 0 Å². The summed E-state index contributed by atoms with van der Waals surface area (Å²) in [5, 5.41) is 3.04. The summed E-state index contributed by atoms with van der Waals surface area (Å²) in [7, 11) is -0.625. The standard InChI is InChI=1S/C17H22Si2/c1-18(2)16-9-5-14(6-10-16)13-15-7-11-17(12-8-15)19(3)4/h5-12H,13H2,1-4H3. The summed E-state index contributed by atoms with van der Waals surface area (Å²) in [5.41, 5.74) is 1.42. The van der Waals surface area contributed by atoms with E-state index in [1.165, 1.54) is 21.8 Å². The Hall–Kier alpha value is -1.13. The van der Waals surface area contributed by atoms with Crippen molar-refractivity contribution in [3.63, 3.8) is 0 Å². The lowest BCUT2D eigenvalue weighted by Gasteiger charge is -2.18. The Morgan fingerprint density at radius 2 is 1.58 bits per heavy atom. The maximum atomic E-state index is 2.34. The molecule has 0 aliphatic heterocycles. The highest BCUT2D eigenvalue weighted by molar-refractivity contribution is 6.73. The van der Waals surface area contributed by atoms with E-state index in [2.05, 4.69) is 74.8 Å². The Morgan fingerprint density at radius 3 is 2.05 bits per heavy atom. The second kappa shape index (κ2) is 6.35. The molecule has 0 nitrogen and oxygen atoms in total. The molecule has 0 spiro atoms. The van der Waals surface area contributed by atoms with E-state index in [4.69, 9.17) is 0 Å². The van der Waals surface area contributed by atoms with Crippen LogP contribution in [0.25, 0.3) is 0 Å². The van der Waals surface area contributed by atoms with Gasteiger partial charge >= 0.3 is 0 Å². The van der Waals surface area contributed by atoms with E-state index in [1.807, 2.05) is 0 Å². The quantitative estimate of drug-likeness (QED) is 0.589. The van der Waals surface area contributed by atoms with Crippen LogP contribution in [0, 0.1) is 5.92 Å². The van der Waals surface area contributed by atoms with E-state index in [-0.39, 0.29) is 17.2 Å². The van der Waals surface area contributed by atoms with E-state index in [1.54, 1.807) is 0 Å². The third kappa shape index (κ3) is 3.92. The van der Waals surface area contributed by atoms with Gasteiger partial charge in [-0.25, -0.2) is 0 Å². The topological polar surface area (TPSA) is 0 Å². The molecule has 0 aromatic heterocycles. The highest BCUT2D eigenvalue weighted by atomic mass is 28.3. The number of hydrogen-bond acceptors (Lipinski definition) is 0. The van der Waals surface area contributed by atoms with Crippen LogP contribution in [-0.2, 0) is 6.42 Å². The fourth-order valence-electron chi connectivity index (χ4n) is 2.15. The SMILES string of the molecule is C[Si](C)=C1C=C[C+](Cc2ccc([Si-](C)C)cc2)C=C1. The molecule has 1 aromatic rings. The van der Waals surface area contributed by atoms with Crippen molar-refractivity contribution in [2.45, 2.75) is 32.6 Å². The van der Waals surface area contributed by atoms with Crippen LogP contribution >= 0.6 is 0 Å². The maximum Gasteiger partial charge on any atom is 0.0567 e. The van der Waals surface area contributed by atoms with Crippen LogP contribution in [0.2, 0.25) is 26.2 Å². The van der Waals surface area contributed by atoms with Crippen molar-refractivity contribution in [1.29, 1.82) is 0 Å². The normalized spacial score (nSPS) is 13.9. The summed E-state index contributed by atoms with van der Waals surface area (Å²) < 4.78 is 0. The van der Waals surface area contributed by atoms with Crippen LogP contribution in [0.3, 0.4) is 0 Å². The van der Waals surface area contributed by atoms with Gasteiger partial charge in [-0.2, -0.15) is 18.3 Å². The molecule has 0 saturated heterocycles. The second-order valence-electron chi connectivity index (χ2n) is 5.57. The minimum Gasteiger partial charge on any atom is -0.292 e. The monoisotopic (exact) mass is 282 g/mol. The van der Waals surface area contributed by atoms with Gasteiger partial charge in [0, 0.05) is 27.0 Å². The molecule has 1 aliphatic rings. The first kappa shape index (κ1) is 14.3. The highest BCUT2D eigenvalue weighted by Gasteiger charge is 2.14. The van der Waals surface area contributed by atoms with Gasteiger partial charge in [0.25, 0.3) is 0 Å². The molecular weight excluding hydrogens is 260 g/mol. The molecule has 0 saturated carbocycles. The van der Waals surface area contributed by atoms with E-state index < -0.39 is 0 Å². The zero-order chi connectivity index (χ0) is 13.8. The Kier molecular flexibility index (Phi) is 4.78. The van der Waals surface area contributed by atoms with E-state index in [0.717, 1.165) is 6.42 Å². The summed E-state index contributed by atoms with van der Waals surface area (Å²) in [4.78, 5) is 0. The first-order valence-corrected chi connectivity index (χ1v) is 11.8. The molecule has 0 bridgehead atoms. The molecule has 1 aliphatic carbocycles. The second-order valence-corrected chi connectivity index (χ2v) is 10.7. The van der Waals surface area contributed by atoms with Crippen LogP contribution in [-0.4, -0.2) is 22.4 Å². The fourth-order valence-corrected chi connectivity index (χ4v) is 3.81. The Labute approximate surface area is 120 Å². The molecule has 0 amide bonds. The lowest BCUT2D eigenvalue weighted by atomic mass is 9.95. The van der Waals surface area contributed by atoms with Gasteiger partial charge in [0.2, 0.25) is 0 Å². The lowest BCUT2D eigenvalue weighted by Crippen LogP contribution is -2.22. The van der Waals surface area contributed by atoms with Crippen molar-refractivity contribution in [1.82, 2.24) is 0 Å². The molecule has 19 heavy (non-hydrogen) atoms. The van der Waals surface area contributed by atoms with E-state index >= 15 is 0 Å². The van der Waals surface area contributed by atoms with Crippen molar-refractivity contribution in [2.75, 3.05) is 0 Å². The molecule has 0 unspecified atom stereocenters. The average Bonchev–Trinajstić information content (AvgIpc) is 2.40. The minimum atomic E-state index is -0.312. The molecule has 0 radical (unpaired) electrons. The van der Waals surface area contributed by atoms with Crippen molar-refractivity contribution < 1.29 is 0 Å². The van der Waals surface area contributed by atoms with Gasteiger partial charge in [0.05, 0.1) is 23.2 Å². The molecular formula is C17H22Si2. The highest BCUT2D eigenvalue weighted by Crippen LogP contribution is 2.16. The summed E-state index contributed by atoms with van der Waals surface area (Å²) in [6.07, 6.45) is 10.2. The van der Waals surface area contributed by atoms with Gasteiger partial charge in [0.1, 0.15) is 0 Å². The summed E-state index contributed by atoms with van der Waals surface area (Å²) in [5.74, 6) is 1.42. The van der Waals surface area contributed by atoms with Crippen molar-refractivity contribution >= 4 is 27.6 Å². The van der Waals surface area contributed by atoms with Gasteiger partial charge in [-0.05, 0) is 5.56 Å². The van der Waals surface area contributed by atoms with Gasteiger partial charge in [-0.3, -0.25) is 8.80 Å². The zero-order valence-corrected chi connectivity index (χ0v) is 14.3. The fraction of sp³-hybridized carbons (Fsp3) is 0.294. The molecule has 0 N–H and O–H groups in total. The molecule has 0 atom stereocenters. The Morgan fingerprint density at radius 1 is 1.00 bits per heavy atom. The number of hydrogen-bond donors (Lipinski definition) is 0. The average molecular weight is 283 g/mol. The largest absolute Gasteiger partial charge is 0.292 e. The third-order valence-electron chi connectivity index (χ3n) is 3.47. The van der Waals surface area contributed by atoms with E-state index in [0.29, 0.717) is 0 Å². The first-order chi connectivity index (χ1) is 9.06. The lowest BCUT2D eigenvalue weighted by molar-refractivity contribution is 1.09. The van der Waals surface area contributed by atoms with Crippen LogP contribution in [0.15, 0.2) is 48.6 Å². The summed E-state index contributed by atoms with van der Waals surface area (Å²) in [6.45, 7) is 9.36. The predicted octanol–water partition coefficient (Wildman–Crippen LogP) is 3.40. The number of rotatable bonds is 3. The molecule has 0 fully saturated rings. The van der Waals surface area contributed by atoms with Crippen molar-refractivity contribution in [3.8, 4) is 0 Å². The predicted molar refractivity (Wildman–Crippen MR) is 91.3 cm³/mol. The van der Waals surface area contributed by atoms with Gasteiger partial charge in [0.15, 0.2) is 0 Å². The molecule has 2 rings (SSSR count). The van der Waals surface area contributed by atoms with Crippen molar-refractivity contribution in [3.05, 3.63) is 60.1 Å². The Balaban J connectivity index is 2.02. The molecule has 98 valence electrons. The smallest absolute Gasteiger partial charge is 0.0567 e. The molecule has 1 aromatic carbocycles. The first-order valence-electron chi connectivity index (χ1n) is 6.85. The van der Waals surface area contributed by atoms with E-state index in [9.17, 15) is 0 Å². The number of benzene rings is 1. The van der Waals surface area contributed by atoms with Crippen molar-refractivity contribution in [2.24, 2.45) is 0 Å². The number of allylic oxidation sites excluding steroid dienone is 4. The van der Waals surface area contributed by atoms with Crippen LogP contribution in [0.4, 0.5) is 0 Å². The van der Waals surface area contributed by atoms with Crippen LogP contribution < -0.4 is 5.19 Å². The van der Waals surface area contributed by atoms with Gasteiger partial charge in [-0.1, -0.05) is 37.4 Å². The summed E-state index contributed by atoms with van der Waals surface area (Å²) in [6, 6.07) is 9.18. The van der Waals surface area contributed by atoms with Crippen LogP contribution in [0.5, 0.6) is 0 Å². The summed E-state index contributed by atoms with van der Waals surface area (Å²) >= 11 is 0. The Bertz CT molecular complexity index is 499. The minimum absolute atomic E-state index is 0.312. The van der Waals surface area contributed by atoms with Gasteiger partial charge < -0.3 is 0 Å². The molecule has 0 heterocycles. The zero-order valence-electron chi connectivity index (χ0n) is 12.3.